The topological polar surface area (TPSA) is 45.6 Å². The number of aryl methyl sites for hydroxylation is 1. The van der Waals surface area contributed by atoms with Crippen LogP contribution in [0.2, 0.25) is 0 Å². The van der Waals surface area contributed by atoms with E-state index in [-0.39, 0.29) is 18.3 Å². The molecule has 1 aromatic rings. The lowest BCUT2D eigenvalue weighted by Gasteiger charge is -2.42. The minimum absolute atomic E-state index is 0.0706. The lowest BCUT2D eigenvalue weighted by Crippen LogP contribution is -2.53. The quantitative estimate of drug-likeness (QED) is 0.880. The second-order valence-corrected chi connectivity index (χ2v) is 5.62. The zero-order valence-electron chi connectivity index (χ0n) is 11.4. The molecule has 4 heteroatoms. The zero-order chi connectivity index (χ0) is 13.2. The number of hydrogen-bond acceptors (Lipinski definition) is 4. The number of rotatable bonds is 3. The fourth-order valence-electron chi connectivity index (χ4n) is 2.55. The van der Waals surface area contributed by atoms with E-state index in [1.807, 2.05) is 25.1 Å². The van der Waals surface area contributed by atoms with Gasteiger partial charge in [-0.1, -0.05) is 6.07 Å². The zero-order valence-corrected chi connectivity index (χ0v) is 11.4. The van der Waals surface area contributed by atoms with Crippen molar-refractivity contribution in [3.05, 3.63) is 29.6 Å². The minimum atomic E-state index is -0.213. The van der Waals surface area contributed by atoms with E-state index in [0.29, 0.717) is 0 Å². The van der Waals surface area contributed by atoms with E-state index in [0.717, 1.165) is 31.0 Å². The summed E-state index contributed by atoms with van der Waals surface area (Å²) in [6.45, 7) is 8.63. The van der Waals surface area contributed by atoms with Gasteiger partial charge in [0.15, 0.2) is 0 Å². The van der Waals surface area contributed by atoms with Gasteiger partial charge in [-0.15, -0.1) is 0 Å². The van der Waals surface area contributed by atoms with Gasteiger partial charge in [0.1, 0.15) is 0 Å². The first-order valence-electron chi connectivity index (χ1n) is 6.42. The molecule has 1 saturated heterocycles. The summed E-state index contributed by atoms with van der Waals surface area (Å²) in [4.78, 5) is 6.82. The third-order valence-corrected chi connectivity index (χ3v) is 3.09. The van der Waals surface area contributed by atoms with E-state index in [1.165, 1.54) is 0 Å². The highest BCUT2D eigenvalue weighted by molar-refractivity contribution is 5.10. The smallest absolute Gasteiger partial charge is 0.0940 e. The van der Waals surface area contributed by atoms with Crippen LogP contribution in [0.5, 0.6) is 0 Å². The predicted octanol–water partition coefficient (Wildman–Crippen LogP) is 1.36. The highest BCUT2D eigenvalue weighted by Gasteiger charge is 2.32. The van der Waals surface area contributed by atoms with E-state index < -0.39 is 0 Å². The van der Waals surface area contributed by atoms with Gasteiger partial charge in [0, 0.05) is 25.3 Å². The van der Waals surface area contributed by atoms with Crippen LogP contribution in [0.4, 0.5) is 0 Å². The summed E-state index contributed by atoms with van der Waals surface area (Å²) in [7, 11) is 0. The summed E-state index contributed by atoms with van der Waals surface area (Å²) in [5.74, 6) is 0. The first kappa shape index (κ1) is 13.5. The third-order valence-electron chi connectivity index (χ3n) is 3.09. The van der Waals surface area contributed by atoms with Crippen molar-refractivity contribution in [1.82, 2.24) is 9.88 Å². The standard InChI is InChI=1S/C14H22N2O2/c1-11-5-4-6-12(15-11)7-16-8-13(9-17)18-14(2,3)10-16/h4-6,13,17H,7-10H2,1-3H3. The highest BCUT2D eigenvalue weighted by Crippen LogP contribution is 2.22. The van der Waals surface area contributed by atoms with Gasteiger partial charge >= 0.3 is 0 Å². The molecule has 0 bridgehead atoms. The average Bonchev–Trinajstić information content (AvgIpc) is 2.26. The number of ether oxygens (including phenoxy) is 1. The summed E-state index contributed by atoms with van der Waals surface area (Å²) in [6.07, 6.45) is -0.0986. The van der Waals surface area contributed by atoms with Crippen molar-refractivity contribution in [2.24, 2.45) is 0 Å². The number of pyridine rings is 1. The number of hydrogen-bond donors (Lipinski definition) is 1. The molecule has 1 aromatic heterocycles. The molecular formula is C14H22N2O2. The van der Waals surface area contributed by atoms with Crippen LogP contribution in [0.15, 0.2) is 18.2 Å². The summed E-state index contributed by atoms with van der Waals surface area (Å²) in [5, 5.41) is 9.28. The van der Waals surface area contributed by atoms with Crippen LogP contribution in [0.3, 0.4) is 0 Å². The average molecular weight is 250 g/mol. The Balaban J connectivity index is 2.04. The van der Waals surface area contributed by atoms with Gasteiger partial charge in [-0.3, -0.25) is 9.88 Å². The molecule has 0 aromatic carbocycles. The van der Waals surface area contributed by atoms with Gasteiger partial charge in [0.2, 0.25) is 0 Å². The van der Waals surface area contributed by atoms with E-state index in [9.17, 15) is 5.11 Å². The van der Waals surface area contributed by atoms with Crippen LogP contribution in [0, 0.1) is 6.92 Å². The normalized spacial score (nSPS) is 24.1. The van der Waals surface area contributed by atoms with Crippen LogP contribution in [-0.2, 0) is 11.3 Å². The van der Waals surface area contributed by atoms with Gasteiger partial charge in [-0.25, -0.2) is 0 Å². The summed E-state index contributed by atoms with van der Waals surface area (Å²) < 4.78 is 5.80. The Kier molecular flexibility index (Phi) is 4.00. The first-order valence-corrected chi connectivity index (χ1v) is 6.42. The lowest BCUT2D eigenvalue weighted by atomic mass is 10.1. The molecule has 1 atom stereocenters. The number of aliphatic hydroxyl groups excluding tert-OH is 1. The van der Waals surface area contributed by atoms with E-state index in [1.54, 1.807) is 0 Å². The van der Waals surface area contributed by atoms with Gasteiger partial charge in [-0.05, 0) is 32.9 Å². The molecule has 0 amide bonds. The van der Waals surface area contributed by atoms with Gasteiger partial charge in [0.25, 0.3) is 0 Å². The number of aromatic nitrogens is 1. The monoisotopic (exact) mass is 250 g/mol. The maximum Gasteiger partial charge on any atom is 0.0940 e. The molecule has 0 radical (unpaired) electrons. The molecular weight excluding hydrogens is 228 g/mol. The van der Waals surface area contributed by atoms with Gasteiger partial charge in [-0.2, -0.15) is 0 Å². The molecule has 1 aliphatic heterocycles. The van der Waals surface area contributed by atoms with Crippen molar-refractivity contribution in [2.45, 2.75) is 39.0 Å². The van der Waals surface area contributed by atoms with E-state index in [4.69, 9.17) is 4.74 Å². The fourth-order valence-corrected chi connectivity index (χ4v) is 2.55. The van der Waals surface area contributed by atoms with Crippen molar-refractivity contribution in [1.29, 1.82) is 0 Å². The lowest BCUT2D eigenvalue weighted by molar-refractivity contribution is -0.150. The van der Waals surface area contributed by atoms with Crippen molar-refractivity contribution >= 4 is 0 Å². The minimum Gasteiger partial charge on any atom is -0.394 e. The third kappa shape index (κ3) is 3.51. The molecule has 4 nitrogen and oxygen atoms in total. The highest BCUT2D eigenvalue weighted by atomic mass is 16.5. The summed E-state index contributed by atoms with van der Waals surface area (Å²) in [6, 6.07) is 6.08. The number of morpholine rings is 1. The Bertz CT molecular complexity index is 407. The molecule has 1 N–H and O–H groups in total. The number of aliphatic hydroxyl groups is 1. The van der Waals surface area contributed by atoms with Crippen molar-refractivity contribution < 1.29 is 9.84 Å². The SMILES string of the molecule is Cc1cccc(CN2CC(CO)OC(C)(C)C2)n1. The maximum atomic E-state index is 9.28. The molecule has 1 unspecified atom stereocenters. The fraction of sp³-hybridized carbons (Fsp3) is 0.643. The molecule has 2 heterocycles. The van der Waals surface area contributed by atoms with Crippen LogP contribution < -0.4 is 0 Å². The van der Waals surface area contributed by atoms with E-state index >= 15 is 0 Å². The predicted molar refractivity (Wildman–Crippen MR) is 70.3 cm³/mol. The van der Waals surface area contributed by atoms with Gasteiger partial charge in [0.05, 0.1) is 24.0 Å². The largest absolute Gasteiger partial charge is 0.394 e. The molecule has 0 spiro atoms. The van der Waals surface area contributed by atoms with Crippen LogP contribution >= 0.6 is 0 Å². The van der Waals surface area contributed by atoms with Crippen LogP contribution in [0.25, 0.3) is 0 Å². The molecule has 1 aliphatic rings. The Morgan fingerprint density at radius 1 is 1.50 bits per heavy atom. The molecule has 0 saturated carbocycles. The molecule has 1 fully saturated rings. The molecule has 2 rings (SSSR count). The van der Waals surface area contributed by atoms with E-state index in [2.05, 4.69) is 23.7 Å². The Morgan fingerprint density at radius 2 is 2.28 bits per heavy atom. The van der Waals surface area contributed by atoms with Crippen molar-refractivity contribution in [3.8, 4) is 0 Å². The summed E-state index contributed by atoms with van der Waals surface area (Å²) >= 11 is 0. The van der Waals surface area contributed by atoms with Crippen molar-refractivity contribution in [3.63, 3.8) is 0 Å². The molecule has 100 valence electrons. The molecule has 18 heavy (non-hydrogen) atoms. The Morgan fingerprint density at radius 3 is 2.94 bits per heavy atom. The summed E-state index contributed by atoms with van der Waals surface area (Å²) in [5.41, 5.74) is 1.90. The Hall–Kier alpha value is -0.970. The Labute approximate surface area is 109 Å². The van der Waals surface area contributed by atoms with Crippen molar-refractivity contribution in [2.75, 3.05) is 19.7 Å². The number of nitrogens with zero attached hydrogens (tertiary/aromatic N) is 2. The van der Waals surface area contributed by atoms with Crippen LogP contribution in [-0.4, -0.2) is 46.4 Å². The molecule has 0 aliphatic carbocycles. The maximum absolute atomic E-state index is 9.28. The second-order valence-electron chi connectivity index (χ2n) is 5.62. The second kappa shape index (κ2) is 5.34. The van der Waals surface area contributed by atoms with Crippen LogP contribution in [0.1, 0.15) is 25.2 Å². The van der Waals surface area contributed by atoms with Gasteiger partial charge < -0.3 is 9.84 Å². The first-order chi connectivity index (χ1) is 8.48.